The average molecular weight is 400 g/mol. The van der Waals surface area contributed by atoms with E-state index < -0.39 is 5.97 Å². The van der Waals surface area contributed by atoms with Crippen LogP contribution in [-0.2, 0) is 9.53 Å². The van der Waals surface area contributed by atoms with Crippen LogP contribution in [0.5, 0.6) is 11.5 Å². The summed E-state index contributed by atoms with van der Waals surface area (Å²) in [5.74, 6) is 0.835. The zero-order valence-corrected chi connectivity index (χ0v) is 16.7. The van der Waals surface area contributed by atoms with Crippen LogP contribution in [0.25, 0.3) is 6.08 Å². The molecule has 0 saturated carbocycles. The van der Waals surface area contributed by atoms with Gasteiger partial charge in [-0.25, -0.2) is 9.79 Å². The lowest BCUT2D eigenvalue weighted by atomic mass is 10.1. The number of rotatable bonds is 8. The number of benzene rings is 2. The van der Waals surface area contributed by atoms with Gasteiger partial charge in [-0.2, -0.15) is 0 Å². The molecule has 0 radical (unpaired) electrons. The van der Waals surface area contributed by atoms with Gasteiger partial charge in [0.1, 0.15) is 0 Å². The first kappa shape index (κ1) is 20.0. The molecule has 0 amide bonds. The summed E-state index contributed by atoms with van der Waals surface area (Å²) in [6, 6.07) is 12.8. The molecule has 1 aliphatic rings. The number of nitrogens with zero attached hydrogens (tertiary/aromatic N) is 1. The summed E-state index contributed by atoms with van der Waals surface area (Å²) in [5, 5.41) is 0.424. The van der Waals surface area contributed by atoms with Crippen molar-refractivity contribution in [2.75, 3.05) is 13.2 Å². The van der Waals surface area contributed by atoms with Crippen LogP contribution < -0.4 is 9.47 Å². The SMILES string of the molecule is CCCCOc1c(Cl)cc(/C=C2/N=C(c3ccccc3)OC2=O)cc1OCC. The second-order valence-corrected chi connectivity index (χ2v) is 6.57. The second kappa shape index (κ2) is 9.42. The number of hydrogen-bond donors (Lipinski definition) is 0. The zero-order valence-electron chi connectivity index (χ0n) is 15.9. The van der Waals surface area contributed by atoms with Gasteiger partial charge < -0.3 is 14.2 Å². The third-order valence-electron chi connectivity index (χ3n) is 4.02. The maximum atomic E-state index is 12.2. The Bertz CT molecular complexity index is 906. The number of unbranched alkanes of at least 4 members (excludes halogenated alkanes) is 1. The van der Waals surface area contributed by atoms with E-state index in [1.54, 1.807) is 18.2 Å². The predicted octanol–water partition coefficient (Wildman–Crippen LogP) is 5.26. The first-order valence-electron chi connectivity index (χ1n) is 9.29. The molecule has 0 N–H and O–H groups in total. The summed E-state index contributed by atoms with van der Waals surface area (Å²) in [4.78, 5) is 16.5. The molecule has 2 aromatic rings. The van der Waals surface area contributed by atoms with E-state index in [1.165, 1.54) is 0 Å². The third kappa shape index (κ3) is 4.73. The molecule has 1 heterocycles. The molecular formula is C22H22ClNO4. The number of esters is 1. The Labute approximate surface area is 169 Å². The quantitative estimate of drug-likeness (QED) is 0.345. The van der Waals surface area contributed by atoms with E-state index in [-0.39, 0.29) is 11.6 Å². The van der Waals surface area contributed by atoms with Crippen molar-refractivity contribution in [2.24, 2.45) is 4.99 Å². The summed E-state index contributed by atoms with van der Waals surface area (Å²) in [5.41, 5.74) is 1.63. The fourth-order valence-corrected chi connectivity index (χ4v) is 2.94. The minimum absolute atomic E-state index is 0.206. The molecule has 3 rings (SSSR count). The van der Waals surface area contributed by atoms with Gasteiger partial charge in [0, 0.05) is 5.56 Å². The van der Waals surface area contributed by atoms with E-state index in [0.717, 1.165) is 18.4 Å². The molecule has 0 aliphatic carbocycles. The number of ether oxygens (including phenoxy) is 3. The van der Waals surface area contributed by atoms with Gasteiger partial charge in [0.05, 0.1) is 18.2 Å². The Balaban J connectivity index is 1.90. The van der Waals surface area contributed by atoms with Crippen molar-refractivity contribution < 1.29 is 19.0 Å². The van der Waals surface area contributed by atoms with Gasteiger partial charge in [-0.3, -0.25) is 0 Å². The lowest BCUT2D eigenvalue weighted by Crippen LogP contribution is -2.05. The van der Waals surface area contributed by atoms with Gasteiger partial charge in [-0.15, -0.1) is 0 Å². The Morgan fingerprint density at radius 3 is 2.64 bits per heavy atom. The van der Waals surface area contributed by atoms with Gasteiger partial charge in [0.25, 0.3) is 0 Å². The first-order valence-corrected chi connectivity index (χ1v) is 9.67. The van der Waals surface area contributed by atoms with Crippen LogP contribution in [0.1, 0.15) is 37.8 Å². The highest BCUT2D eigenvalue weighted by molar-refractivity contribution is 6.32. The summed E-state index contributed by atoms with van der Waals surface area (Å²) >= 11 is 6.41. The Kier molecular flexibility index (Phi) is 6.71. The van der Waals surface area contributed by atoms with E-state index >= 15 is 0 Å². The summed E-state index contributed by atoms with van der Waals surface area (Å²) < 4.78 is 16.7. The monoisotopic (exact) mass is 399 g/mol. The van der Waals surface area contributed by atoms with E-state index in [4.69, 9.17) is 25.8 Å². The van der Waals surface area contributed by atoms with Crippen LogP contribution in [0.15, 0.2) is 53.2 Å². The number of aliphatic imine (C=N–C) groups is 1. The lowest BCUT2D eigenvalue weighted by molar-refractivity contribution is -0.129. The van der Waals surface area contributed by atoms with Gasteiger partial charge in [0.15, 0.2) is 17.2 Å². The molecule has 6 heteroatoms. The van der Waals surface area contributed by atoms with Crippen molar-refractivity contribution in [3.05, 3.63) is 64.3 Å². The number of halogens is 1. The molecule has 0 bridgehead atoms. The van der Waals surface area contributed by atoms with Gasteiger partial charge in [0.2, 0.25) is 5.90 Å². The van der Waals surface area contributed by atoms with Crippen LogP contribution in [0.3, 0.4) is 0 Å². The van der Waals surface area contributed by atoms with Gasteiger partial charge in [-0.05, 0) is 49.2 Å². The van der Waals surface area contributed by atoms with Crippen LogP contribution in [0.2, 0.25) is 5.02 Å². The molecule has 0 unspecified atom stereocenters. The molecule has 0 saturated heterocycles. The van der Waals surface area contributed by atoms with Crippen molar-refractivity contribution >= 4 is 29.5 Å². The fraction of sp³-hybridized carbons (Fsp3) is 0.273. The Hall–Kier alpha value is -2.79. The van der Waals surface area contributed by atoms with Crippen LogP contribution >= 0.6 is 11.6 Å². The van der Waals surface area contributed by atoms with Crippen molar-refractivity contribution in [3.63, 3.8) is 0 Å². The van der Waals surface area contributed by atoms with Crippen molar-refractivity contribution in [1.82, 2.24) is 0 Å². The van der Waals surface area contributed by atoms with Crippen molar-refractivity contribution in [1.29, 1.82) is 0 Å². The second-order valence-electron chi connectivity index (χ2n) is 6.17. The van der Waals surface area contributed by atoms with Crippen LogP contribution in [-0.4, -0.2) is 25.1 Å². The fourth-order valence-electron chi connectivity index (χ4n) is 2.66. The zero-order chi connectivity index (χ0) is 19.9. The molecule has 0 fully saturated rings. The minimum atomic E-state index is -0.504. The standard InChI is InChI=1S/C22H22ClNO4/c1-3-5-11-27-20-17(23)12-15(14-19(20)26-4-2)13-18-22(25)28-21(24-18)16-9-7-6-8-10-16/h6-10,12-14H,3-5,11H2,1-2H3/b18-13+. The van der Waals surface area contributed by atoms with Gasteiger partial charge >= 0.3 is 5.97 Å². The molecule has 5 nitrogen and oxygen atoms in total. The normalized spacial score (nSPS) is 14.8. The number of hydrogen-bond acceptors (Lipinski definition) is 5. The summed E-state index contributed by atoms with van der Waals surface area (Å²) in [6.07, 6.45) is 3.58. The van der Waals surface area contributed by atoms with Crippen LogP contribution in [0.4, 0.5) is 0 Å². The third-order valence-corrected chi connectivity index (χ3v) is 4.30. The highest BCUT2D eigenvalue weighted by atomic mass is 35.5. The topological polar surface area (TPSA) is 57.1 Å². The molecule has 0 aromatic heterocycles. The Morgan fingerprint density at radius 2 is 1.93 bits per heavy atom. The van der Waals surface area contributed by atoms with Crippen molar-refractivity contribution in [3.8, 4) is 11.5 Å². The molecular weight excluding hydrogens is 378 g/mol. The largest absolute Gasteiger partial charge is 0.490 e. The summed E-state index contributed by atoms with van der Waals surface area (Å²) in [7, 11) is 0. The highest BCUT2D eigenvalue weighted by Crippen LogP contribution is 2.37. The smallest absolute Gasteiger partial charge is 0.363 e. The molecule has 146 valence electrons. The Morgan fingerprint density at radius 1 is 1.14 bits per heavy atom. The maximum Gasteiger partial charge on any atom is 0.363 e. The van der Waals surface area contributed by atoms with E-state index in [1.807, 2.05) is 37.3 Å². The van der Waals surface area contributed by atoms with Crippen molar-refractivity contribution in [2.45, 2.75) is 26.7 Å². The van der Waals surface area contributed by atoms with E-state index in [9.17, 15) is 4.79 Å². The number of carbonyl (C=O) groups excluding carboxylic acids is 1. The summed E-state index contributed by atoms with van der Waals surface area (Å²) in [6.45, 7) is 5.01. The lowest BCUT2D eigenvalue weighted by Gasteiger charge is -2.14. The molecule has 2 aromatic carbocycles. The molecule has 0 spiro atoms. The van der Waals surface area contributed by atoms with E-state index in [2.05, 4.69) is 11.9 Å². The predicted molar refractivity (Wildman–Crippen MR) is 110 cm³/mol. The maximum absolute atomic E-state index is 12.2. The molecule has 28 heavy (non-hydrogen) atoms. The first-order chi connectivity index (χ1) is 13.6. The van der Waals surface area contributed by atoms with Gasteiger partial charge in [-0.1, -0.05) is 43.1 Å². The highest BCUT2D eigenvalue weighted by Gasteiger charge is 2.24. The van der Waals surface area contributed by atoms with E-state index in [0.29, 0.717) is 35.3 Å². The average Bonchev–Trinajstić information content (AvgIpc) is 3.05. The minimum Gasteiger partial charge on any atom is -0.490 e. The molecule has 1 aliphatic heterocycles. The number of cyclic esters (lactones) is 1. The molecule has 0 atom stereocenters. The number of carbonyl (C=O) groups is 1. The van der Waals surface area contributed by atoms with Crippen LogP contribution in [0, 0.1) is 0 Å².